The highest BCUT2D eigenvalue weighted by molar-refractivity contribution is 7.92. The smallest absolute Gasteiger partial charge is 0.189 e. The molecule has 0 unspecified atom stereocenters. The van der Waals surface area contributed by atoms with E-state index >= 15 is 0 Å². The van der Waals surface area contributed by atoms with E-state index in [4.69, 9.17) is 24.6 Å². The molecule has 2 aromatic heterocycles. The molecule has 8 nitrogen and oxygen atoms in total. The molecule has 9 heteroatoms. The van der Waals surface area contributed by atoms with Gasteiger partial charge < -0.3 is 15.0 Å². The fourth-order valence-corrected chi connectivity index (χ4v) is 5.14. The average molecular weight is 540 g/mol. The molecule has 1 aliphatic rings. The van der Waals surface area contributed by atoms with Crippen molar-refractivity contribution < 1.29 is 27.3 Å². The summed E-state index contributed by atoms with van der Waals surface area (Å²) >= 11 is 0. The lowest BCUT2D eigenvalue weighted by molar-refractivity contribution is 0.0640. The first kappa shape index (κ1) is 18.7. The van der Waals surface area contributed by atoms with E-state index in [0.717, 1.165) is 56.6 Å². The molecule has 0 atom stereocenters. The summed E-state index contributed by atoms with van der Waals surface area (Å²) in [5, 5.41) is 0.402. The van der Waals surface area contributed by atoms with Gasteiger partial charge in [0.15, 0.2) is 27.1 Å². The number of hydrogen-bond donors (Lipinski definition) is 1. The molecule has 198 valence electrons. The van der Waals surface area contributed by atoms with Gasteiger partial charge in [0, 0.05) is 40.0 Å². The first-order chi connectivity index (χ1) is 21.1. The van der Waals surface area contributed by atoms with Crippen molar-refractivity contribution in [2.24, 2.45) is 5.92 Å². The van der Waals surface area contributed by atoms with Gasteiger partial charge in [0.2, 0.25) is 0 Å². The van der Waals surface area contributed by atoms with E-state index in [-0.39, 0.29) is 23.0 Å². The van der Waals surface area contributed by atoms with Crippen LogP contribution in [-0.4, -0.2) is 42.0 Å². The molecule has 0 aliphatic carbocycles. The van der Waals surface area contributed by atoms with Gasteiger partial charge in [-0.3, -0.25) is 0 Å². The third kappa shape index (κ3) is 5.63. The van der Waals surface area contributed by atoms with Crippen molar-refractivity contribution in [3.05, 3.63) is 66.4 Å². The third-order valence-corrected chi connectivity index (χ3v) is 8.14. The van der Waals surface area contributed by atoms with Crippen molar-refractivity contribution in [1.82, 2.24) is 15.1 Å². The molecule has 1 aliphatic heterocycles. The summed E-state index contributed by atoms with van der Waals surface area (Å²) in [6.45, 7) is -5.61. The van der Waals surface area contributed by atoms with Gasteiger partial charge in [0.1, 0.15) is 5.69 Å². The second-order valence-electron chi connectivity index (χ2n) is 9.21. The Bertz CT molecular complexity index is 1740. The monoisotopic (exact) mass is 539 g/mol. The van der Waals surface area contributed by atoms with E-state index in [9.17, 15) is 8.42 Å². The first-order valence-electron chi connectivity index (χ1n) is 15.7. The Morgan fingerprint density at radius 3 is 2.45 bits per heavy atom. The van der Waals surface area contributed by atoms with Crippen LogP contribution in [0.15, 0.2) is 70.2 Å². The maximum absolute atomic E-state index is 13.1. The number of nitrogen functional groups attached to an aromatic ring is 1. The number of rotatable bonds is 8. The van der Waals surface area contributed by atoms with Crippen molar-refractivity contribution in [1.29, 1.82) is 0 Å². The number of aryl methyl sites for hydroxylation is 1. The Kier molecular flexibility index (Phi) is 5.42. The second kappa shape index (κ2) is 11.0. The Balaban J connectivity index is 1.35. The molecule has 38 heavy (non-hydrogen) atoms. The summed E-state index contributed by atoms with van der Waals surface area (Å²) in [4.78, 5) is 8.07. The topological polar surface area (TPSA) is 121 Å². The summed E-state index contributed by atoms with van der Waals surface area (Å²) in [6, 6.07) is 14.5. The van der Waals surface area contributed by atoms with Crippen LogP contribution in [0.4, 0.5) is 5.82 Å². The van der Waals surface area contributed by atoms with Gasteiger partial charge in [-0.1, -0.05) is 41.6 Å². The Morgan fingerprint density at radius 2 is 1.74 bits per heavy atom. The van der Waals surface area contributed by atoms with E-state index in [1.54, 1.807) is 6.07 Å². The van der Waals surface area contributed by atoms with E-state index in [0.29, 0.717) is 17.2 Å². The molecule has 0 saturated carbocycles. The summed E-state index contributed by atoms with van der Waals surface area (Å²) in [5.41, 5.74) is 9.60. The third-order valence-electron chi connectivity index (χ3n) is 6.71. The second-order valence-corrected chi connectivity index (χ2v) is 11.1. The van der Waals surface area contributed by atoms with Crippen LogP contribution in [0.2, 0.25) is 0 Å². The summed E-state index contributed by atoms with van der Waals surface area (Å²) in [7, 11) is -5.15. The van der Waals surface area contributed by atoms with Crippen molar-refractivity contribution in [2.45, 2.75) is 49.5 Å². The van der Waals surface area contributed by atoms with E-state index in [1.165, 1.54) is 23.9 Å². The lowest BCUT2D eigenvalue weighted by atomic mass is 9.92. The van der Waals surface area contributed by atoms with Gasteiger partial charge >= 0.3 is 0 Å². The molecular weight excluding hydrogens is 500 g/mol. The van der Waals surface area contributed by atoms with Crippen LogP contribution in [0.5, 0.6) is 0 Å². The van der Waals surface area contributed by atoms with Gasteiger partial charge in [0.05, 0.1) is 22.0 Å². The molecule has 1 saturated heterocycles. The van der Waals surface area contributed by atoms with Gasteiger partial charge in [-0.25, -0.2) is 18.4 Å². The molecule has 1 fully saturated rings. The fourth-order valence-electron chi connectivity index (χ4n) is 4.41. The highest BCUT2D eigenvalue weighted by Gasteiger charge is 2.20. The predicted octanol–water partition coefficient (Wildman–Crippen LogP) is 5.59. The normalized spacial score (nSPS) is 18.4. The van der Waals surface area contributed by atoms with Gasteiger partial charge in [-0.15, -0.1) is 0 Å². The summed E-state index contributed by atoms with van der Waals surface area (Å²) in [5.74, 6) is 1.02. The lowest BCUT2D eigenvalue weighted by Crippen LogP contribution is -2.16. The van der Waals surface area contributed by atoms with E-state index < -0.39 is 33.7 Å². The molecule has 0 amide bonds. The van der Waals surface area contributed by atoms with Crippen LogP contribution in [0, 0.1) is 5.92 Å². The molecule has 0 bridgehead atoms. The molecule has 2 N–H and O–H groups in total. The Labute approximate surface area is 233 Å². The van der Waals surface area contributed by atoms with E-state index in [1.807, 2.05) is 12.1 Å². The van der Waals surface area contributed by atoms with Crippen LogP contribution in [0.25, 0.3) is 34.0 Å². The van der Waals surface area contributed by atoms with Crippen molar-refractivity contribution in [3.8, 4) is 34.0 Å². The number of sulfone groups is 1. The molecule has 3 heterocycles. The van der Waals surface area contributed by atoms with Gasteiger partial charge in [-0.2, -0.15) is 0 Å². The highest BCUT2D eigenvalue weighted by Crippen LogP contribution is 2.30. The number of ether oxygens (including phenoxy) is 1. The van der Waals surface area contributed by atoms with Gasteiger partial charge in [0.25, 0.3) is 0 Å². The minimum Gasteiger partial charge on any atom is -0.382 e. The maximum atomic E-state index is 13.1. The zero-order valence-electron chi connectivity index (χ0n) is 27.6. The zero-order chi connectivity index (χ0) is 32.6. The average Bonchev–Trinajstić information content (AvgIpc) is 3.50. The Morgan fingerprint density at radius 1 is 1.05 bits per heavy atom. The highest BCUT2D eigenvalue weighted by atomic mass is 32.2. The standard InChI is InChI=1S/C29H32N4O4S/c1-19(2)38(34,35)24-11-9-23(10-12-24)26-18-31-29(30)28(32-26)27-17-25(33-37-27)22-7-5-20(6-8-22)3-4-21-13-15-36-16-14-21/h5-12,17-19,21H,3-4,13-16H2,1-2H3,(H2,30,31)/i1D3,2D3,19D. The number of anilines is 1. The van der Waals surface area contributed by atoms with Crippen LogP contribution in [-0.2, 0) is 21.0 Å². The van der Waals surface area contributed by atoms with Crippen LogP contribution >= 0.6 is 0 Å². The molecule has 2 aromatic carbocycles. The SMILES string of the molecule is [2H]C([2H])([2H])C([2H])(C([2H])([2H])[2H])S(=O)(=O)c1ccc(-c2cnc(N)c(-c3cc(-c4ccc(CCC5CCOCC5)cc4)no3)n2)cc1. The largest absolute Gasteiger partial charge is 0.382 e. The zero-order valence-corrected chi connectivity index (χ0v) is 21.4. The van der Waals surface area contributed by atoms with Crippen LogP contribution < -0.4 is 5.73 Å². The predicted molar refractivity (Wildman–Crippen MR) is 147 cm³/mol. The maximum Gasteiger partial charge on any atom is 0.189 e. The first-order valence-corrected chi connectivity index (χ1v) is 13.7. The Hall–Kier alpha value is -3.56. The van der Waals surface area contributed by atoms with Crippen LogP contribution in [0.1, 0.15) is 48.1 Å². The summed E-state index contributed by atoms with van der Waals surface area (Å²) < 4.78 is 90.5. The number of benzene rings is 2. The van der Waals surface area contributed by atoms with Crippen molar-refractivity contribution in [2.75, 3.05) is 18.9 Å². The fraction of sp³-hybridized carbons (Fsp3) is 0.345. The molecule has 5 rings (SSSR count). The summed E-state index contributed by atoms with van der Waals surface area (Å²) in [6.07, 6.45) is 5.68. The van der Waals surface area contributed by atoms with E-state index in [2.05, 4.69) is 27.3 Å². The quantitative estimate of drug-likeness (QED) is 0.308. The number of aromatic nitrogens is 3. The number of hydrogen-bond acceptors (Lipinski definition) is 8. The molecular formula is C29H32N4O4S. The minimum atomic E-state index is -5.15. The molecule has 4 aromatic rings. The van der Waals surface area contributed by atoms with Crippen molar-refractivity contribution >= 4 is 15.7 Å². The van der Waals surface area contributed by atoms with Crippen LogP contribution in [0.3, 0.4) is 0 Å². The lowest BCUT2D eigenvalue weighted by Gasteiger charge is -2.21. The molecule has 0 spiro atoms. The molecule has 0 radical (unpaired) electrons. The van der Waals surface area contributed by atoms with Gasteiger partial charge in [-0.05, 0) is 63.0 Å². The number of nitrogens with zero attached hydrogens (tertiary/aromatic N) is 3. The minimum absolute atomic E-state index is 0.0680. The number of nitrogens with two attached hydrogens (primary N) is 1. The van der Waals surface area contributed by atoms with Crippen molar-refractivity contribution in [3.63, 3.8) is 0 Å².